The van der Waals surface area contributed by atoms with Crippen LogP contribution in [0, 0.1) is 0 Å². The van der Waals surface area contributed by atoms with Gasteiger partial charge in [-0.2, -0.15) is 15.3 Å². The van der Waals surface area contributed by atoms with Crippen molar-refractivity contribution in [2.24, 2.45) is 0 Å². The molecule has 0 radical (unpaired) electrons. The molecule has 0 aromatic carbocycles. The van der Waals surface area contributed by atoms with Gasteiger partial charge in [0.15, 0.2) is 0 Å². The summed E-state index contributed by atoms with van der Waals surface area (Å²) < 4.78 is 6.40. The van der Waals surface area contributed by atoms with E-state index in [4.69, 9.17) is 15.3 Å². The highest BCUT2D eigenvalue weighted by molar-refractivity contribution is 5.17. The number of hydrogen-bond acceptors (Lipinski definition) is 3. The van der Waals surface area contributed by atoms with Crippen LogP contribution in [-0.4, -0.2) is 29.3 Å². The molecule has 3 aromatic rings. The fourth-order valence-corrected chi connectivity index (χ4v) is 3.69. The monoisotopic (exact) mass is 382 g/mol. The van der Waals surface area contributed by atoms with E-state index in [1.54, 1.807) is 0 Å². The summed E-state index contributed by atoms with van der Waals surface area (Å²) in [5, 5.41) is 14.9. The third-order valence-corrected chi connectivity index (χ3v) is 5.42. The summed E-state index contributed by atoms with van der Waals surface area (Å²) in [6.45, 7) is 13.0. The molecule has 0 aliphatic rings. The van der Waals surface area contributed by atoms with E-state index in [0.717, 1.165) is 55.6 Å². The van der Waals surface area contributed by atoms with E-state index >= 15 is 0 Å². The first kappa shape index (κ1) is 20.4. The Bertz CT molecular complexity index is 794. The zero-order valence-corrected chi connectivity index (χ0v) is 18.2. The third kappa shape index (κ3) is 3.64. The summed E-state index contributed by atoms with van der Waals surface area (Å²) >= 11 is 0. The summed E-state index contributed by atoms with van der Waals surface area (Å²) in [6.07, 6.45) is 5.34. The normalized spacial score (nSPS) is 11.7. The van der Waals surface area contributed by atoms with Gasteiger partial charge in [-0.1, -0.05) is 41.5 Å². The summed E-state index contributed by atoms with van der Waals surface area (Å²) in [7, 11) is 0. The second kappa shape index (κ2) is 8.76. The van der Waals surface area contributed by atoms with Crippen LogP contribution in [-0.2, 0) is 38.5 Å². The molecule has 6 nitrogen and oxygen atoms in total. The lowest BCUT2D eigenvalue weighted by Gasteiger charge is -2.24. The van der Waals surface area contributed by atoms with Crippen molar-refractivity contribution in [2.45, 2.75) is 86.4 Å². The number of aryl methyl sites for hydroxylation is 6. The van der Waals surface area contributed by atoms with Crippen LogP contribution in [0.25, 0.3) is 0 Å². The molecule has 0 atom stereocenters. The first-order chi connectivity index (χ1) is 13.6. The summed E-state index contributed by atoms with van der Waals surface area (Å²) in [5.41, 5.74) is 6.99. The average molecular weight is 383 g/mol. The topological polar surface area (TPSA) is 53.5 Å². The predicted octanol–water partition coefficient (Wildman–Crippen LogP) is 4.20. The molecule has 0 unspecified atom stereocenters. The fourth-order valence-electron chi connectivity index (χ4n) is 3.69. The summed E-state index contributed by atoms with van der Waals surface area (Å²) in [5.74, 6) is 0. The molecular formula is C22H34N6. The largest absolute Gasteiger partial charge is 0.238 e. The van der Waals surface area contributed by atoms with Crippen LogP contribution in [0.5, 0.6) is 0 Å². The second-order valence-electron chi connectivity index (χ2n) is 7.18. The molecule has 3 rings (SSSR count). The van der Waals surface area contributed by atoms with Crippen molar-refractivity contribution in [3.8, 4) is 0 Å². The van der Waals surface area contributed by atoms with Gasteiger partial charge < -0.3 is 0 Å². The van der Waals surface area contributed by atoms with Crippen molar-refractivity contribution in [3.05, 3.63) is 52.4 Å². The maximum Gasteiger partial charge on any atom is 0.238 e. The second-order valence-corrected chi connectivity index (χ2v) is 7.18. The Balaban J connectivity index is 2.28. The Kier molecular flexibility index (Phi) is 6.37. The van der Waals surface area contributed by atoms with Crippen LogP contribution in [0.1, 0.15) is 82.0 Å². The highest BCUT2D eigenvalue weighted by atomic mass is 15.6. The van der Waals surface area contributed by atoms with Gasteiger partial charge in [-0.25, -0.2) is 14.0 Å². The Hall–Kier alpha value is -2.37. The first-order valence-corrected chi connectivity index (χ1v) is 10.8. The SMILES string of the molecule is CCc1cc(CC)n(C(n2nc(CC)cc2CC)n2nc(CC)cc2CC)n1. The molecule has 0 saturated carbocycles. The molecule has 0 amide bonds. The minimum absolute atomic E-state index is 0.208. The summed E-state index contributed by atoms with van der Waals surface area (Å²) in [4.78, 5) is 0. The quantitative estimate of drug-likeness (QED) is 0.557. The van der Waals surface area contributed by atoms with Crippen LogP contribution < -0.4 is 0 Å². The van der Waals surface area contributed by atoms with E-state index in [-0.39, 0.29) is 6.29 Å². The Morgan fingerprint density at radius 2 is 0.821 bits per heavy atom. The van der Waals surface area contributed by atoms with Gasteiger partial charge in [0.2, 0.25) is 6.29 Å². The first-order valence-electron chi connectivity index (χ1n) is 10.8. The number of rotatable bonds is 9. The molecular weight excluding hydrogens is 348 g/mol. The van der Waals surface area contributed by atoms with Gasteiger partial charge in [0, 0.05) is 17.1 Å². The zero-order valence-electron chi connectivity index (χ0n) is 18.2. The zero-order chi connectivity index (χ0) is 20.3. The van der Waals surface area contributed by atoms with Crippen LogP contribution >= 0.6 is 0 Å². The molecule has 28 heavy (non-hydrogen) atoms. The van der Waals surface area contributed by atoms with Crippen LogP contribution in [0.4, 0.5) is 0 Å². The standard InChI is InChI=1S/C22H34N6/c1-7-16-13-19(10-4)26(23-16)22(27-20(11-5)14-17(8-2)24-27)28-21(12-6)15-18(9-3)25-28/h13-15,22H,7-12H2,1-6H3. The lowest BCUT2D eigenvalue weighted by molar-refractivity contribution is 0.262. The molecule has 0 N–H and O–H groups in total. The van der Waals surface area contributed by atoms with Gasteiger partial charge in [0.05, 0.1) is 17.1 Å². The predicted molar refractivity (Wildman–Crippen MR) is 113 cm³/mol. The molecule has 6 heteroatoms. The molecule has 0 bridgehead atoms. The van der Waals surface area contributed by atoms with Gasteiger partial charge in [-0.15, -0.1) is 0 Å². The molecule has 0 aliphatic heterocycles. The van der Waals surface area contributed by atoms with E-state index in [9.17, 15) is 0 Å². The molecule has 0 fully saturated rings. The van der Waals surface area contributed by atoms with Crippen molar-refractivity contribution >= 4 is 0 Å². The van der Waals surface area contributed by atoms with Gasteiger partial charge in [-0.05, 0) is 56.7 Å². The van der Waals surface area contributed by atoms with Gasteiger partial charge in [0.25, 0.3) is 0 Å². The van der Waals surface area contributed by atoms with E-state index < -0.39 is 0 Å². The van der Waals surface area contributed by atoms with Crippen molar-refractivity contribution in [1.29, 1.82) is 0 Å². The molecule has 152 valence electrons. The van der Waals surface area contributed by atoms with E-state index in [1.807, 2.05) is 0 Å². The minimum Gasteiger partial charge on any atom is -0.224 e. The number of aromatic nitrogens is 6. The smallest absolute Gasteiger partial charge is 0.224 e. The van der Waals surface area contributed by atoms with E-state index in [2.05, 4.69) is 73.8 Å². The highest BCUT2D eigenvalue weighted by Crippen LogP contribution is 2.23. The Morgan fingerprint density at radius 3 is 1.04 bits per heavy atom. The third-order valence-electron chi connectivity index (χ3n) is 5.42. The minimum atomic E-state index is -0.208. The van der Waals surface area contributed by atoms with Gasteiger partial charge in [0.1, 0.15) is 0 Å². The van der Waals surface area contributed by atoms with Crippen LogP contribution in [0.3, 0.4) is 0 Å². The average Bonchev–Trinajstić information content (AvgIpc) is 3.44. The molecule has 0 saturated heterocycles. The maximum absolute atomic E-state index is 4.97. The highest BCUT2D eigenvalue weighted by Gasteiger charge is 2.26. The molecule has 3 aromatic heterocycles. The van der Waals surface area contributed by atoms with Crippen molar-refractivity contribution in [2.75, 3.05) is 0 Å². The number of nitrogens with zero attached hydrogens (tertiary/aromatic N) is 6. The molecule has 0 aliphatic carbocycles. The maximum atomic E-state index is 4.97. The van der Waals surface area contributed by atoms with Crippen molar-refractivity contribution < 1.29 is 0 Å². The Morgan fingerprint density at radius 1 is 0.536 bits per heavy atom. The molecule has 0 spiro atoms. The van der Waals surface area contributed by atoms with Crippen LogP contribution in [0.15, 0.2) is 18.2 Å². The van der Waals surface area contributed by atoms with Gasteiger partial charge >= 0.3 is 0 Å². The number of hydrogen-bond donors (Lipinski definition) is 0. The van der Waals surface area contributed by atoms with E-state index in [1.165, 1.54) is 17.1 Å². The van der Waals surface area contributed by atoms with Gasteiger partial charge in [-0.3, -0.25) is 0 Å². The van der Waals surface area contributed by atoms with E-state index in [0.29, 0.717) is 0 Å². The lowest BCUT2D eigenvalue weighted by atomic mass is 10.2. The Labute approximate surface area is 168 Å². The fraction of sp³-hybridized carbons (Fsp3) is 0.591. The van der Waals surface area contributed by atoms with Crippen molar-refractivity contribution in [1.82, 2.24) is 29.3 Å². The van der Waals surface area contributed by atoms with Crippen LogP contribution in [0.2, 0.25) is 0 Å². The molecule has 3 heterocycles. The van der Waals surface area contributed by atoms with Crippen molar-refractivity contribution in [3.63, 3.8) is 0 Å². The lowest BCUT2D eigenvalue weighted by Crippen LogP contribution is -2.32. The summed E-state index contributed by atoms with van der Waals surface area (Å²) in [6, 6.07) is 6.66.